The van der Waals surface area contributed by atoms with E-state index in [0.29, 0.717) is 10.7 Å². The Morgan fingerprint density at radius 3 is 2.53 bits per heavy atom. The Morgan fingerprint density at radius 1 is 1.27 bits per heavy atom. The summed E-state index contributed by atoms with van der Waals surface area (Å²) < 4.78 is 15.2. The molecule has 1 heterocycles. The molecule has 0 N–H and O–H groups in total. The molecule has 2 rings (SSSR count). The van der Waals surface area contributed by atoms with Gasteiger partial charge in [0.25, 0.3) is 0 Å². The average molecular weight is 225 g/mol. The predicted octanol–water partition coefficient (Wildman–Crippen LogP) is 3.28. The molecule has 0 atom stereocenters. The second kappa shape index (κ2) is 3.66. The molecule has 1 aromatic carbocycles. The van der Waals surface area contributed by atoms with E-state index < -0.39 is 0 Å². The van der Waals surface area contributed by atoms with Crippen LogP contribution in [-0.4, -0.2) is 9.78 Å². The Morgan fingerprint density at radius 2 is 2.00 bits per heavy atom. The predicted molar refractivity (Wildman–Crippen MR) is 58.0 cm³/mol. The molecule has 0 spiro atoms. The lowest BCUT2D eigenvalue weighted by molar-refractivity contribution is 0.608. The van der Waals surface area contributed by atoms with Crippen molar-refractivity contribution < 1.29 is 4.39 Å². The molecule has 2 nitrogen and oxygen atoms in total. The molecule has 0 bridgehead atoms. The van der Waals surface area contributed by atoms with E-state index in [-0.39, 0.29) is 5.82 Å². The van der Waals surface area contributed by atoms with Crippen LogP contribution in [0.3, 0.4) is 0 Å². The second-order valence-corrected chi connectivity index (χ2v) is 3.87. The Hall–Kier alpha value is -1.35. The van der Waals surface area contributed by atoms with Crippen LogP contribution in [-0.2, 0) is 0 Å². The van der Waals surface area contributed by atoms with Gasteiger partial charge in [0.15, 0.2) is 0 Å². The fourth-order valence-electron chi connectivity index (χ4n) is 1.53. The van der Waals surface area contributed by atoms with Crippen LogP contribution in [0.2, 0.25) is 5.02 Å². The summed E-state index contributed by atoms with van der Waals surface area (Å²) >= 11 is 5.68. The maximum atomic E-state index is 13.6. The number of benzene rings is 1. The maximum absolute atomic E-state index is 13.6. The summed E-state index contributed by atoms with van der Waals surface area (Å²) in [6.07, 6.45) is 0. The highest BCUT2D eigenvalue weighted by molar-refractivity contribution is 6.30. The quantitative estimate of drug-likeness (QED) is 0.727. The normalized spacial score (nSPS) is 10.7. The number of aromatic nitrogens is 2. The van der Waals surface area contributed by atoms with E-state index >= 15 is 0 Å². The zero-order valence-corrected chi connectivity index (χ0v) is 9.22. The smallest absolute Gasteiger partial charge is 0.150 e. The van der Waals surface area contributed by atoms with E-state index in [1.165, 1.54) is 6.07 Å². The van der Waals surface area contributed by atoms with Crippen molar-refractivity contribution in [3.63, 3.8) is 0 Å². The maximum Gasteiger partial charge on any atom is 0.150 e. The van der Waals surface area contributed by atoms with Crippen LogP contribution in [0.4, 0.5) is 4.39 Å². The lowest BCUT2D eigenvalue weighted by atomic mass is 10.3. The first kappa shape index (κ1) is 10.2. The fraction of sp³-hybridized carbons (Fsp3) is 0.182. The third-order valence-corrected chi connectivity index (χ3v) is 2.38. The van der Waals surface area contributed by atoms with Crippen LogP contribution < -0.4 is 0 Å². The van der Waals surface area contributed by atoms with Crippen LogP contribution in [0.15, 0.2) is 24.3 Å². The summed E-state index contributed by atoms with van der Waals surface area (Å²) in [7, 11) is 0. The highest BCUT2D eigenvalue weighted by Gasteiger charge is 2.08. The number of hydrogen-bond acceptors (Lipinski definition) is 1. The second-order valence-electron chi connectivity index (χ2n) is 3.43. The number of aryl methyl sites for hydroxylation is 2. The molecule has 0 saturated heterocycles. The number of halogens is 2. The first-order valence-electron chi connectivity index (χ1n) is 4.56. The summed E-state index contributed by atoms with van der Waals surface area (Å²) in [5.41, 5.74) is 2.18. The number of hydrogen-bond donors (Lipinski definition) is 0. The summed E-state index contributed by atoms with van der Waals surface area (Å²) in [5, 5.41) is 4.59. The van der Waals surface area contributed by atoms with Crippen LogP contribution in [0.5, 0.6) is 0 Å². The van der Waals surface area contributed by atoms with Gasteiger partial charge in [-0.1, -0.05) is 11.6 Å². The van der Waals surface area contributed by atoms with Gasteiger partial charge in [0, 0.05) is 10.7 Å². The topological polar surface area (TPSA) is 17.8 Å². The van der Waals surface area contributed by atoms with E-state index in [9.17, 15) is 4.39 Å². The third kappa shape index (κ3) is 1.88. The van der Waals surface area contributed by atoms with E-state index in [1.807, 2.05) is 19.9 Å². The van der Waals surface area contributed by atoms with Crippen molar-refractivity contribution in [3.05, 3.63) is 46.5 Å². The lowest BCUT2D eigenvalue weighted by Crippen LogP contribution is -2.01. The molecule has 0 amide bonds. The molecule has 0 radical (unpaired) electrons. The summed E-state index contributed by atoms with van der Waals surface area (Å²) in [6, 6.07) is 6.45. The van der Waals surface area contributed by atoms with Crippen molar-refractivity contribution in [2.45, 2.75) is 13.8 Å². The van der Waals surface area contributed by atoms with Gasteiger partial charge in [-0.3, -0.25) is 0 Å². The molecule has 4 heteroatoms. The van der Waals surface area contributed by atoms with Crippen LogP contribution >= 0.6 is 11.6 Å². The number of nitrogens with zero attached hydrogens (tertiary/aromatic N) is 2. The van der Waals surface area contributed by atoms with Crippen LogP contribution in [0, 0.1) is 19.7 Å². The monoisotopic (exact) mass is 224 g/mol. The zero-order valence-electron chi connectivity index (χ0n) is 8.46. The third-order valence-electron chi connectivity index (χ3n) is 2.15. The van der Waals surface area contributed by atoms with Gasteiger partial charge in [-0.25, -0.2) is 9.07 Å². The van der Waals surface area contributed by atoms with Crippen molar-refractivity contribution in [2.24, 2.45) is 0 Å². The molecule has 2 aromatic rings. The Balaban J connectivity index is 2.59. The van der Waals surface area contributed by atoms with Gasteiger partial charge in [0.1, 0.15) is 11.5 Å². The van der Waals surface area contributed by atoms with Crippen molar-refractivity contribution in [3.8, 4) is 5.69 Å². The summed E-state index contributed by atoms with van der Waals surface area (Å²) in [6.45, 7) is 3.76. The summed E-state index contributed by atoms with van der Waals surface area (Å²) in [5.74, 6) is -0.367. The molecule has 1 aromatic heterocycles. The largest absolute Gasteiger partial charge is 0.235 e. The summed E-state index contributed by atoms with van der Waals surface area (Å²) in [4.78, 5) is 0. The Labute approximate surface area is 92.3 Å². The molecular formula is C11H10ClFN2. The fourth-order valence-corrected chi connectivity index (χ4v) is 1.68. The van der Waals surface area contributed by atoms with E-state index in [4.69, 9.17) is 11.6 Å². The molecule has 78 valence electrons. The molecule has 0 fully saturated rings. The molecule has 0 unspecified atom stereocenters. The van der Waals surface area contributed by atoms with Gasteiger partial charge in [0.05, 0.1) is 5.69 Å². The minimum Gasteiger partial charge on any atom is -0.235 e. The van der Waals surface area contributed by atoms with E-state index in [0.717, 1.165) is 11.4 Å². The average Bonchev–Trinajstić information content (AvgIpc) is 2.45. The van der Waals surface area contributed by atoms with Crippen molar-refractivity contribution in [1.29, 1.82) is 0 Å². The van der Waals surface area contributed by atoms with Gasteiger partial charge in [0.2, 0.25) is 0 Å². The van der Waals surface area contributed by atoms with Gasteiger partial charge in [-0.05, 0) is 38.1 Å². The van der Waals surface area contributed by atoms with Crippen molar-refractivity contribution in [1.82, 2.24) is 9.78 Å². The SMILES string of the molecule is Cc1cc(C)n(-c2ccc(Cl)cc2F)n1. The highest BCUT2D eigenvalue weighted by Crippen LogP contribution is 2.19. The van der Waals surface area contributed by atoms with Crippen LogP contribution in [0.1, 0.15) is 11.4 Å². The molecule has 0 aliphatic heterocycles. The first-order valence-corrected chi connectivity index (χ1v) is 4.94. The van der Waals surface area contributed by atoms with Crippen LogP contribution in [0.25, 0.3) is 5.69 Å². The minimum absolute atomic E-state index is 0.367. The Bertz CT molecular complexity index is 505. The van der Waals surface area contributed by atoms with Gasteiger partial charge in [-0.2, -0.15) is 5.10 Å². The highest BCUT2D eigenvalue weighted by atomic mass is 35.5. The lowest BCUT2D eigenvalue weighted by Gasteiger charge is -2.05. The van der Waals surface area contributed by atoms with Crippen molar-refractivity contribution in [2.75, 3.05) is 0 Å². The molecule has 15 heavy (non-hydrogen) atoms. The molecule has 0 aliphatic rings. The minimum atomic E-state index is -0.367. The molecular weight excluding hydrogens is 215 g/mol. The van der Waals surface area contributed by atoms with Gasteiger partial charge in [-0.15, -0.1) is 0 Å². The zero-order chi connectivity index (χ0) is 11.0. The molecule has 0 saturated carbocycles. The van der Waals surface area contributed by atoms with Crippen molar-refractivity contribution >= 4 is 11.6 Å². The number of rotatable bonds is 1. The molecule has 0 aliphatic carbocycles. The van der Waals surface area contributed by atoms with Gasteiger partial charge < -0.3 is 0 Å². The van der Waals surface area contributed by atoms with E-state index in [2.05, 4.69) is 5.10 Å². The van der Waals surface area contributed by atoms with E-state index in [1.54, 1.807) is 16.8 Å². The first-order chi connectivity index (χ1) is 7.08. The standard InChI is InChI=1S/C11H10ClFN2/c1-7-5-8(2)15(14-7)11-4-3-9(12)6-10(11)13/h3-6H,1-2H3. The Kier molecular flexibility index (Phi) is 2.49. The van der Waals surface area contributed by atoms with Gasteiger partial charge >= 0.3 is 0 Å².